The normalized spacial score (nSPS) is 11.2. The van der Waals surface area contributed by atoms with Gasteiger partial charge in [-0.1, -0.05) is 13.8 Å². The van der Waals surface area contributed by atoms with Crippen molar-refractivity contribution in [3.8, 4) is 10.7 Å². The van der Waals surface area contributed by atoms with E-state index in [9.17, 15) is 0 Å². The SMILES string of the molecule is Cc1cc(CNC(C)C)nc(-c2cc(Br)cs2)n1. The third-order valence-corrected chi connectivity index (χ3v) is 4.07. The Morgan fingerprint density at radius 2 is 2.11 bits per heavy atom. The fraction of sp³-hybridized carbons (Fsp3) is 0.385. The Labute approximate surface area is 120 Å². The summed E-state index contributed by atoms with van der Waals surface area (Å²) in [4.78, 5) is 10.2. The van der Waals surface area contributed by atoms with Crippen molar-refractivity contribution in [3.05, 3.63) is 33.4 Å². The molecule has 2 heterocycles. The van der Waals surface area contributed by atoms with E-state index in [-0.39, 0.29) is 0 Å². The number of halogens is 1. The van der Waals surface area contributed by atoms with Gasteiger partial charge in [-0.2, -0.15) is 0 Å². The average Bonchev–Trinajstić information content (AvgIpc) is 2.72. The number of hydrogen-bond donors (Lipinski definition) is 1. The summed E-state index contributed by atoms with van der Waals surface area (Å²) in [5.74, 6) is 0.811. The number of rotatable bonds is 4. The topological polar surface area (TPSA) is 37.8 Å². The second-order valence-electron chi connectivity index (χ2n) is 4.49. The van der Waals surface area contributed by atoms with Crippen LogP contribution in [0.2, 0.25) is 0 Å². The Balaban J connectivity index is 2.26. The summed E-state index contributed by atoms with van der Waals surface area (Å²) in [7, 11) is 0. The second-order valence-corrected chi connectivity index (χ2v) is 6.32. The molecule has 0 spiro atoms. The first-order valence-electron chi connectivity index (χ1n) is 5.87. The molecule has 0 radical (unpaired) electrons. The molecular formula is C13H16BrN3S. The van der Waals surface area contributed by atoms with Gasteiger partial charge in [0.25, 0.3) is 0 Å². The number of nitrogens with one attached hydrogen (secondary N) is 1. The monoisotopic (exact) mass is 325 g/mol. The summed E-state index contributed by atoms with van der Waals surface area (Å²) < 4.78 is 1.08. The summed E-state index contributed by atoms with van der Waals surface area (Å²) in [6.45, 7) is 7.05. The fourth-order valence-corrected chi connectivity index (χ4v) is 2.93. The van der Waals surface area contributed by atoms with Gasteiger partial charge in [0, 0.05) is 28.1 Å². The Morgan fingerprint density at radius 1 is 1.33 bits per heavy atom. The Kier molecular flexibility index (Phi) is 4.48. The number of nitrogens with zero attached hydrogens (tertiary/aromatic N) is 2. The van der Waals surface area contributed by atoms with Crippen molar-refractivity contribution >= 4 is 27.3 Å². The third-order valence-electron chi connectivity index (χ3n) is 2.39. The average molecular weight is 326 g/mol. The summed E-state index contributed by atoms with van der Waals surface area (Å²) >= 11 is 5.11. The molecule has 0 atom stereocenters. The lowest BCUT2D eigenvalue weighted by atomic mass is 10.3. The summed E-state index contributed by atoms with van der Waals surface area (Å²) in [5, 5.41) is 5.43. The molecule has 96 valence electrons. The minimum atomic E-state index is 0.458. The fourth-order valence-electron chi connectivity index (χ4n) is 1.57. The molecule has 5 heteroatoms. The minimum absolute atomic E-state index is 0.458. The molecule has 2 rings (SSSR count). The summed E-state index contributed by atoms with van der Waals surface area (Å²) in [6, 6.07) is 4.54. The van der Waals surface area contributed by atoms with Gasteiger partial charge in [-0.3, -0.25) is 0 Å². The quantitative estimate of drug-likeness (QED) is 0.929. The first kappa shape index (κ1) is 13.6. The largest absolute Gasteiger partial charge is 0.309 e. The van der Waals surface area contributed by atoms with Gasteiger partial charge in [0.1, 0.15) is 0 Å². The molecule has 0 fully saturated rings. The molecule has 0 saturated carbocycles. The highest BCUT2D eigenvalue weighted by Gasteiger charge is 2.07. The van der Waals surface area contributed by atoms with Gasteiger partial charge in [0.2, 0.25) is 0 Å². The Hall–Kier alpha value is -0.780. The zero-order valence-electron chi connectivity index (χ0n) is 10.7. The molecule has 18 heavy (non-hydrogen) atoms. The lowest BCUT2D eigenvalue weighted by Gasteiger charge is -2.09. The molecule has 3 nitrogen and oxygen atoms in total. The highest BCUT2D eigenvalue weighted by atomic mass is 79.9. The molecular weight excluding hydrogens is 310 g/mol. The van der Waals surface area contributed by atoms with Gasteiger partial charge in [-0.15, -0.1) is 11.3 Å². The molecule has 0 saturated heterocycles. The van der Waals surface area contributed by atoms with Crippen LogP contribution in [0.3, 0.4) is 0 Å². The smallest absolute Gasteiger partial charge is 0.169 e. The summed E-state index contributed by atoms with van der Waals surface area (Å²) in [6.07, 6.45) is 0. The van der Waals surface area contributed by atoms with E-state index in [1.807, 2.05) is 18.4 Å². The van der Waals surface area contributed by atoms with Crippen molar-refractivity contribution < 1.29 is 0 Å². The lowest BCUT2D eigenvalue weighted by molar-refractivity contribution is 0.580. The van der Waals surface area contributed by atoms with Crippen LogP contribution < -0.4 is 5.32 Å². The first-order chi connectivity index (χ1) is 8.54. The van der Waals surface area contributed by atoms with Crippen molar-refractivity contribution in [1.29, 1.82) is 0 Å². The van der Waals surface area contributed by atoms with Crippen LogP contribution in [0.25, 0.3) is 10.7 Å². The zero-order chi connectivity index (χ0) is 13.1. The van der Waals surface area contributed by atoms with Crippen LogP contribution in [-0.2, 0) is 6.54 Å². The van der Waals surface area contributed by atoms with E-state index in [0.29, 0.717) is 6.04 Å². The maximum atomic E-state index is 4.61. The molecule has 0 aromatic carbocycles. The Bertz CT molecular complexity index is 537. The van der Waals surface area contributed by atoms with Crippen molar-refractivity contribution in [2.24, 2.45) is 0 Å². The van der Waals surface area contributed by atoms with Crippen LogP contribution in [0.5, 0.6) is 0 Å². The van der Waals surface area contributed by atoms with E-state index in [1.54, 1.807) is 11.3 Å². The molecule has 1 N–H and O–H groups in total. The van der Waals surface area contributed by atoms with E-state index in [1.165, 1.54) is 0 Å². The van der Waals surface area contributed by atoms with Crippen LogP contribution >= 0.6 is 27.3 Å². The highest BCUT2D eigenvalue weighted by Crippen LogP contribution is 2.27. The summed E-state index contributed by atoms with van der Waals surface area (Å²) in [5.41, 5.74) is 2.04. The predicted molar refractivity (Wildman–Crippen MR) is 79.8 cm³/mol. The highest BCUT2D eigenvalue weighted by molar-refractivity contribution is 9.10. The lowest BCUT2D eigenvalue weighted by Crippen LogP contribution is -2.22. The van der Waals surface area contributed by atoms with E-state index >= 15 is 0 Å². The van der Waals surface area contributed by atoms with Crippen LogP contribution in [0.15, 0.2) is 22.0 Å². The van der Waals surface area contributed by atoms with E-state index in [4.69, 9.17) is 0 Å². The van der Waals surface area contributed by atoms with Gasteiger partial charge in [-0.05, 0) is 35.0 Å². The van der Waals surface area contributed by atoms with Crippen molar-refractivity contribution in [2.75, 3.05) is 0 Å². The zero-order valence-corrected chi connectivity index (χ0v) is 13.1. The van der Waals surface area contributed by atoms with Crippen LogP contribution in [-0.4, -0.2) is 16.0 Å². The number of thiophene rings is 1. The number of aromatic nitrogens is 2. The van der Waals surface area contributed by atoms with E-state index in [2.05, 4.69) is 51.1 Å². The Morgan fingerprint density at radius 3 is 2.72 bits per heavy atom. The molecule has 2 aromatic rings. The molecule has 0 aliphatic rings. The van der Waals surface area contributed by atoms with Crippen molar-refractivity contribution in [1.82, 2.24) is 15.3 Å². The van der Waals surface area contributed by atoms with Gasteiger partial charge in [0.05, 0.1) is 10.6 Å². The third kappa shape index (κ3) is 3.60. The number of aryl methyl sites for hydroxylation is 1. The van der Waals surface area contributed by atoms with E-state index in [0.717, 1.165) is 33.1 Å². The standard InChI is InChI=1S/C13H16BrN3S/c1-8(2)15-6-11-4-9(3)16-13(17-11)12-5-10(14)7-18-12/h4-5,7-8,15H,6H2,1-3H3. The number of hydrogen-bond acceptors (Lipinski definition) is 4. The van der Waals surface area contributed by atoms with Crippen LogP contribution in [0.4, 0.5) is 0 Å². The molecule has 2 aromatic heterocycles. The maximum Gasteiger partial charge on any atom is 0.169 e. The van der Waals surface area contributed by atoms with Crippen molar-refractivity contribution in [3.63, 3.8) is 0 Å². The second kappa shape index (κ2) is 5.91. The molecule has 0 aliphatic heterocycles. The van der Waals surface area contributed by atoms with Crippen LogP contribution in [0, 0.1) is 6.92 Å². The molecule has 0 unspecified atom stereocenters. The molecule has 0 aliphatic carbocycles. The molecule has 0 bridgehead atoms. The van der Waals surface area contributed by atoms with Crippen molar-refractivity contribution in [2.45, 2.75) is 33.4 Å². The first-order valence-corrected chi connectivity index (χ1v) is 7.54. The maximum absolute atomic E-state index is 4.61. The molecule has 0 amide bonds. The van der Waals surface area contributed by atoms with Crippen LogP contribution in [0.1, 0.15) is 25.2 Å². The van der Waals surface area contributed by atoms with Gasteiger partial charge in [-0.25, -0.2) is 9.97 Å². The minimum Gasteiger partial charge on any atom is -0.309 e. The van der Waals surface area contributed by atoms with Gasteiger partial charge in [0.15, 0.2) is 5.82 Å². The van der Waals surface area contributed by atoms with E-state index < -0.39 is 0 Å². The predicted octanol–water partition coefficient (Wildman–Crippen LogP) is 3.77. The van der Waals surface area contributed by atoms with Gasteiger partial charge >= 0.3 is 0 Å². The van der Waals surface area contributed by atoms with Gasteiger partial charge < -0.3 is 5.32 Å².